The van der Waals surface area contributed by atoms with Gasteiger partial charge in [0.25, 0.3) is 5.56 Å². The Balaban J connectivity index is 1.73. The maximum atomic E-state index is 14.5. The minimum atomic E-state index is -0.670. The lowest BCUT2D eigenvalue weighted by atomic mass is 10.2. The van der Waals surface area contributed by atoms with E-state index in [-0.39, 0.29) is 16.8 Å². The van der Waals surface area contributed by atoms with Crippen molar-refractivity contribution in [1.82, 2.24) is 9.55 Å². The van der Waals surface area contributed by atoms with E-state index in [1.165, 1.54) is 47.0 Å². The molecule has 0 aliphatic rings. The van der Waals surface area contributed by atoms with Gasteiger partial charge in [-0.15, -0.1) is 0 Å². The average molecular weight is 437 g/mol. The van der Waals surface area contributed by atoms with Crippen molar-refractivity contribution in [1.29, 1.82) is 0 Å². The molecule has 5 nitrogen and oxygen atoms in total. The van der Waals surface area contributed by atoms with Crippen molar-refractivity contribution in [2.24, 2.45) is 0 Å². The monoisotopic (exact) mass is 437 g/mol. The Hall–Kier alpha value is -3.52. The largest absolute Gasteiger partial charge is 0.325 e. The van der Waals surface area contributed by atoms with Crippen LogP contribution >= 0.6 is 11.8 Å². The zero-order chi connectivity index (χ0) is 22.0. The van der Waals surface area contributed by atoms with Gasteiger partial charge < -0.3 is 5.32 Å². The molecule has 1 unspecified atom stereocenters. The lowest BCUT2D eigenvalue weighted by Crippen LogP contribution is -2.26. The Bertz CT molecular complexity index is 1320. The van der Waals surface area contributed by atoms with Crippen LogP contribution in [0.3, 0.4) is 0 Å². The van der Waals surface area contributed by atoms with Crippen LogP contribution in [-0.4, -0.2) is 20.7 Å². The van der Waals surface area contributed by atoms with Gasteiger partial charge in [-0.25, -0.2) is 13.8 Å². The van der Waals surface area contributed by atoms with Gasteiger partial charge in [0.1, 0.15) is 11.6 Å². The number of aromatic nitrogens is 2. The number of nitrogens with one attached hydrogen (secondary N) is 1. The molecule has 0 radical (unpaired) electrons. The molecule has 0 bridgehead atoms. The second-order valence-corrected chi connectivity index (χ2v) is 8.07. The summed E-state index contributed by atoms with van der Waals surface area (Å²) in [4.78, 5) is 30.4. The maximum Gasteiger partial charge on any atom is 0.266 e. The first-order valence-corrected chi connectivity index (χ1v) is 10.3. The van der Waals surface area contributed by atoms with Gasteiger partial charge in [-0.2, -0.15) is 0 Å². The van der Waals surface area contributed by atoms with Gasteiger partial charge in [-0.3, -0.25) is 14.2 Å². The number of carbonyl (C=O) groups excluding carboxylic acids is 1. The number of halogens is 2. The first-order valence-electron chi connectivity index (χ1n) is 9.44. The lowest BCUT2D eigenvalue weighted by Gasteiger charge is -2.17. The van der Waals surface area contributed by atoms with E-state index in [1.807, 2.05) is 0 Å². The number of nitrogens with zero attached hydrogens (tertiary/aromatic N) is 2. The molecule has 1 aromatic heterocycles. The summed E-state index contributed by atoms with van der Waals surface area (Å²) in [5, 5.41) is 2.56. The van der Waals surface area contributed by atoms with Crippen LogP contribution in [0.5, 0.6) is 0 Å². The van der Waals surface area contributed by atoms with Crippen molar-refractivity contribution >= 4 is 34.3 Å². The molecule has 4 rings (SSSR count). The number of carbonyl (C=O) groups is 1. The topological polar surface area (TPSA) is 64.0 Å². The Morgan fingerprint density at radius 3 is 2.42 bits per heavy atom. The zero-order valence-electron chi connectivity index (χ0n) is 16.4. The van der Waals surface area contributed by atoms with Gasteiger partial charge in [0.15, 0.2) is 5.16 Å². The first kappa shape index (κ1) is 20.7. The number of thioether (sulfide) groups is 1. The highest BCUT2D eigenvalue weighted by Crippen LogP contribution is 2.26. The van der Waals surface area contributed by atoms with Gasteiger partial charge in [-0.05, 0) is 55.5 Å². The quantitative estimate of drug-likeness (QED) is 0.360. The van der Waals surface area contributed by atoms with Crippen molar-refractivity contribution in [2.45, 2.75) is 17.3 Å². The van der Waals surface area contributed by atoms with Gasteiger partial charge in [0.05, 0.1) is 21.8 Å². The summed E-state index contributed by atoms with van der Waals surface area (Å²) in [7, 11) is 0. The zero-order valence-corrected chi connectivity index (χ0v) is 17.2. The molecular weight excluding hydrogens is 420 g/mol. The molecule has 1 amide bonds. The van der Waals surface area contributed by atoms with Crippen LogP contribution in [0.4, 0.5) is 14.5 Å². The Morgan fingerprint density at radius 2 is 1.68 bits per heavy atom. The van der Waals surface area contributed by atoms with Crippen molar-refractivity contribution < 1.29 is 13.6 Å². The molecule has 8 heteroatoms. The number of anilines is 1. The molecule has 0 saturated carbocycles. The number of rotatable bonds is 5. The van der Waals surface area contributed by atoms with E-state index in [1.54, 1.807) is 37.3 Å². The number of para-hydroxylation sites is 2. The third-order valence-electron chi connectivity index (χ3n) is 4.60. The van der Waals surface area contributed by atoms with Crippen molar-refractivity contribution in [3.8, 4) is 5.69 Å². The Kier molecular flexibility index (Phi) is 5.81. The van der Waals surface area contributed by atoms with E-state index in [2.05, 4.69) is 10.3 Å². The summed E-state index contributed by atoms with van der Waals surface area (Å²) in [5.74, 6) is -1.35. The molecule has 3 aromatic carbocycles. The number of amides is 1. The van der Waals surface area contributed by atoms with Crippen LogP contribution in [0, 0.1) is 11.6 Å². The van der Waals surface area contributed by atoms with Crippen LogP contribution in [0.1, 0.15) is 6.92 Å². The summed E-state index contributed by atoms with van der Waals surface area (Å²) in [6.07, 6.45) is 0. The third kappa shape index (κ3) is 4.34. The highest BCUT2D eigenvalue weighted by atomic mass is 32.2. The maximum absolute atomic E-state index is 14.5. The highest BCUT2D eigenvalue weighted by molar-refractivity contribution is 8.00. The predicted molar refractivity (Wildman–Crippen MR) is 118 cm³/mol. The number of hydrogen-bond donors (Lipinski definition) is 1. The minimum absolute atomic E-state index is 0.0550. The van der Waals surface area contributed by atoms with E-state index in [0.29, 0.717) is 16.6 Å². The molecule has 4 aromatic rings. The minimum Gasteiger partial charge on any atom is -0.325 e. The third-order valence-corrected chi connectivity index (χ3v) is 5.65. The molecule has 0 aliphatic carbocycles. The summed E-state index contributed by atoms with van der Waals surface area (Å²) >= 11 is 1.03. The lowest BCUT2D eigenvalue weighted by molar-refractivity contribution is -0.115. The molecule has 156 valence electrons. The number of hydrogen-bond acceptors (Lipinski definition) is 4. The Labute approximate surface area is 180 Å². The molecule has 0 saturated heterocycles. The van der Waals surface area contributed by atoms with Crippen LogP contribution in [-0.2, 0) is 4.79 Å². The molecule has 1 atom stereocenters. The highest BCUT2D eigenvalue weighted by Gasteiger charge is 2.21. The predicted octanol–water partition coefficient (Wildman–Crippen LogP) is 4.78. The van der Waals surface area contributed by atoms with Crippen molar-refractivity contribution in [3.63, 3.8) is 0 Å². The molecule has 1 heterocycles. The van der Waals surface area contributed by atoms with Gasteiger partial charge in [0.2, 0.25) is 5.91 Å². The fraction of sp³-hybridized carbons (Fsp3) is 0.0870. The molecule has 0 aliphatic heterocycles. The van der Waals surface area contributed by atoms with Crippen LogP contribution in [0.15, 0.2) is 82.7 Å². The number of fused-ring (bicyclic) bond motifs is 1. The van der Waals surface area contributed by atoms with Crippen LogP contribution in [0.2, 0.25) is 0 Å². The van der Waals surface area contributed by atoms with E-state index >= 15 is 0 Å². The van der Waals surface area contributed by atoms with Crippen molar-refractivity contribution in [3.05, 3.63) is 94.8 Å². The summed E-state index contributed by atoms with van der Waals surface area (Å²) in [6, 6.07) is 18.1. The summed E-state index contributed by atoms with van der Waals surface area (Å²) in [6.45, 7) is 1.65. The van der Waals surface area contributed by atoms with Gasteiger partial charge in [0, 0.05) is 5.69 Å². The van der Waals surface area contributed by atoms with Gasteiger partial charge in [-0.1, -0.05) is 36.0 Å². The fourth-order valence-corrected chi connectivity index (χ4v) is 3.95. The smallest absolute Gasteiger partial charge is 0.266 e. The molecule has 1 N–H and O–H groups in total. The summed E-state index contributed by atoms with van der Waals surface area (Å²) < 4.78 is 28.8. The average Bonchev–Trinajstić information content (AvgIpc) is 2.76. The number of benzene rings is 3. The molecule has 0 fully saturated rings. The Morgan fingerprint density at radius 1 is 1.00 bits per heavy atom. The van der Waals surface area contributed by atoms with E-state index in [9.17, 15) is 18.4 Å². The fourth-order valence-electron chi connectivity index (χ4n) is 3.03. The van der Waals surface area contributed by atoms with E-state index < -0.39 is 22.4 Å². The van der Waals surface area contributed by atoms with E-state index in [4.69, 9.17) is 0 Å². The van der Waals surface area contributed by atoms with Crippen LogP contribution < -0.4 is 10.9 Å². The SMILES string of the molecule is CC(Sc1nc2ccccc2c(=O)n1-c1ccccc1F)C(=O)Nc1ccc(F)cc1. The first-order chi connectivity index (χ1) is 14.9. The second kappa shape index (κ2) is 8.69. The molecule has 0 spiro atoms. The molecule has 31 heavy (non-hydrogen) atoms. The normalized spacial score (nSPS) is 12.0. The molecular formula is C23H17F2N3O2S. The van der Waals surface area contributed by atoms with E-state index in [0.717, 1.165) is 11.8 Å². The van der Waals surface area contributed by atoms with Crippen LogP contribution in [0.25, 0.3) is 16.6 Å². The van der Waals surface area contributed by atoms with Gasteiger partial charge >= 0.3 is 0 Å². The standard InChI is InChI=1S/C23H17F2N3O2S/c1-14(21(29)26-16-12-10-15(24)11-13-16)31-23-27-19-8-4-2-6-17(19)22(30)28(23)20-9-5-3-7-18(20)25/h2-14H,1H3,(H,26,29). The second-order valence-electron chi connectivity index (χ2n) is 6.76. The van der Waals surface area contributed by atoms with Crippen molar-refractivity contribution in [2.75, 3.05) is 5.32 Å². The summed E-state index contributed by atoms with van der Waals surface area (Å²) in [5.41, 5.74) is 0.522.